The second-order valence-electron chi connectivity index (χ2n) is 10.3. The Morgan fingerprint density at radius 2 is 1.85 bits per heavy atom. The SMILES string of the molecule is CC(=O)c1ccc(-c2cccc3[nH]c(-c4n[nH]c5cnc(-c6cncc(NC(=O)C7CCCC7)c6)cc45)cc23)s1. The minimum Gasteiger partial charge on any atom is -0.353 e. The molecule has 0 bridgehead atoms. The predicted molar refractivity (Wildman–Crippen MR) is 158 cm³/mol. The molecule has 8 nitrogen and oxygen atoms in total. The number of anilines is 1. The molecular weight excluding hydrogens is 520 g/mol. The average Bonchev–Trinajstić information content (AvgIpc) is 3.78. The van der Waals surface area contributed by atoms with Crippen LogP contribution in [0.3, 0.4) is 0 Å². The van der Waals surface area contributed by atoms with Crippen molar-refractivity contribution in [2.45, 2.75) is 32.6 Å². The van der Waals surface area contributed by atoms with Gasteiger partial charge in [0.1, 0.15) is 5.69 Å². The fourth-order valence-corrected chi connectivity index (χ4v) is 6.47. The second kappa shape index (κ2) is 9.84. The van der Waals surface area contributed by atoms with E-state index in [4.69, 9.17) is 0 Å². The number of carbonyl (C=O) groups excluding carboxylic acids is 2. The van der Waals surface area contributed by atoms with Crippen molar-refractivity contribution < 1.29 is 9.59 Å². The van der Waals surface area contributed by atoms with E-state index in [-0.39, 0.29) is 17.6 Å². The molecule has 40 heavy (non-hydrogen) atoms. The van der Waals surface area contributed by atoms with E-state index < -0.39 is 0 Å². The van der Waals surface area contributed by atoms with Gasteiger partial charge in [-0.2, -0.15) is 5.10 Å². The molecule has 1 aliphatic carbocycles. The van der Waals surface area contributed by atoms with E-state index in [1.807, 2.05) is 36.4 Å². The molecule has 5 heterocycles. The molecule has 0 atom stereocenters. The number of rotatable bonds is 6. The molecule has 0 unspecified atom stereocenters. The van der Waals surface area contributed by atoms with Crippen LogP contribution in [-0.4, -0.2) is 36.8 Å². The monoisotopic (exact) mass is 546 g/mol. The van der Waals surface area contributed by atoms with Gasteiger partial charge in [-0.3, -0.25) is 24.7 Å². The quantitative estimate of drug-likeness (QED) is 0.191. The van der Waals surface area contributed by atoms with Crippen LogP contribution in [-0.2, 0) is 4.79 Å². The second-order valence-corrected chi connectivity index (χ2v) is 11.4. The maximum atomic E-state index is 12.6. The van der Waals surface area contributed by atoms with Crippen LogP contribution in [0.15, 0.2) is 67.1 Å². The van der Waals surface area contributed by atoms with Gasteiger partial charge in [0.2, 0.25) is 5.91 Å². The number of fused-ring (bicyclic) bond motifs is 2. The minimum absolute atomic E-state index is 0.0650. The highest BCUT2D eigenvalue weighted by atomic mass is 32.1. The summed E-state index contributed by atoms with van der Waals surface area (Å²) >= 11 is 1.50. The molecule has 1 aliphatic rings. The van der Waals surface area contributed by atoms with E-state index >= 15 is 0 Å². The zero-order chi connectivity index (χ0) is 27.2. The fraction of sp³-hybridized carbons (Fsp3) is 0.194. The highest BCUT2D eigenvalue weighted by molar-refractivity contribution is 7.17. The van der Waals surface area contributed by atoms with Crippen LogP contribution in [0.25, 0.3) is 54.9 Å². The van der Waals surface area contributed by atoms with E-state index in [1.165, 1.54) is 11.3 Å². The maximum absolute atomic E-state index is 12.6. The summed E-state index contributed by atoms with van der Waals surface area (Å²) in [5, 5.41) is 12.7. The molecule has 0 spiro atoms. The van der Waals surface area contributed by atoms with E-state index in [0.717, 1.165) is 85.5 Å². The van der Waals surface area contributed by atoms with Gasteiger partial charge in [0.25, 0.3) is 0 Å². The highest BCUT2D eigenvalue weighted by Gasteiger charge is 2.23. The van der Waals surface area contributed by atoms with Crippen molar-refractivity contribution in [2.75, 3.05) is 5.32 Å². The number of pyridine rings is 2. The Morgan fingerprint density at radius 1 is 0.975 bits per heavy atom. The lowest BCUT2D eigenvalue weighted by Gasteiger charge is -2.11. The molecule has 0 radical (unpaired) electrons. The van der Waals surface area contributed by atoms with Gasteiger partial charge in [-0.15, -0.1) is 11.3 Å². The number of nitrogens with zero attached hydrogens (tertiary/aromatic N) is 3. The first kappa shape index (κ1) is 24.4. The molecule has 1 fully saturated rings. The first-order valence-electron chi connectivity index (χ1n) is 13.4. The molecule has 7 rings (SSSR count). The lowest BCUT2D eigenvalue weighted by molar-refractivity contribution is -0.119. The Bertz CT molecular complexity index is 1910. The number of Topliss-reactive ketones (excluding diaryl/α,β-unsaturated/α-hetero) is 1. The molecule has 1 aromatic carbocycles. The van der Waals surface area contributed by atoms with Gasteiger partial charge >= 0.3 is 0 Å². The Balaban J connectivity index is 1.24. The Kier molecular flexibility index (Phi) is 6.00. The molecule has 9 heteroatoms. The molecule has 0 aliphatic heterocycles. The summed E-state index contributed by atoms with van der Waals surface area (Å²) in [7, 11) is 0. The Labute approximate surface area is 233 Å². The third-order valence-electron chi connectivity index (χ3n) is 7.61. The lowest BCUT2D eigenvalue weighted by Crippen LogP contribution is -2.20. The van der Waals surface area contributed by atoms with Crippen molar-refractivity contribution >= 4 is 50.5 Å². The Hall–Kier alpha value is -4.63. The number of amides is 1. The number of hydrogen-bond acceptors (Lipinski definition) is 6. The van der Waals surface area contributed by atoms with E-state index in [0.29, 0.717) is 5.69 Å². The number of thiophene rings is 1. The van der Waals surface area contributed by atoms with Gasteiger partial charge in [-0.25, -0.2) is 0 Å². The third-order valence-corrected chi connectivity index (χ3v) is 8.83. The number of ketones is 1. The predicted octanol–water partition coefficient (Wildman–Crippen LogP) is 7.23. The van der Waals surface area contributed by atoms with Gasteiger partial charge in [-0.1, -0.05) is 25.0 Å². The van der Waals surface area contributed by atoms with Crippen LogP contribution < -0.4 is 5.32 Å². The lowest BCUT2D eigenvalue weighted by atomic mass is 10.1. The summed E-state index contributed by atoms with van der Waals surface area (Å²) in [6.07, 6.45) is 9.32. The number of benzene rings is 1. The average molecular weight is 547 g/mol. The number of aromatic nitrogens is 5. The highest BCUT2D eigenvalue weighted by Crippen LogP contribution is 2.37. The number of nitrogens with one attached hydrogen (secondary N) is 3. The van der Waals surface area contributed by atoms with Crippen molar-refractivity contribution in [1.29, 1.82) is 0 Å². The topological polar surface area (TPSA) is 116 Å². The summed E-state index contributed by atoms with van der Waals surface area (Å²) in [5.41, 5.74) is 6.78. The molecule has 3 N–H and O–H groups in total. The number of hydrogen-bond donors (Lipinski definition) is 3. The zero-order valence-electron chi connectivity index (χ0n) is 21.8. The van der Waals surface area contributed by atoms with Crippen LogP contribution in [0, 0.1) is 5.92 Å². The van der Waals surface area contributed by atoms with Gasteiger partial charge in [0, 0.05) is 44.4 Å². The minimum atomic E-state index is 0.0650. The Morgan fingerprint density at radius 3 is 2.67 bits per heavy atom. The molecule has 1 amide bonds. The molecular formula is C31H26N6O2S. The van der Waals surface area contributed by atoms with Crippen LogP contribution in [0.2, 0.25) is 0 Å². The first-order valence-corrected chi connectivity index (χ1v) is 14.2. The van der Waals surface area contributed by atoms with Crippen LogP contribution in [0.5, 0.6) is 0 Å². The summed E-state index contributed by atoms with van der Waals surface area (Å²) in [5.74, 6) is 0.220. The summed E-state index contributed by atoms with van der Waals surface area (Å²) in [6.45, 7) is 1.59. The standard InChI is InChI=1S/C31H26N6O2S/c1-17(38)28-9-10-29(40-28)21-7-4-8-24-22(21)12-26(35-24)30-23-13-25(33-16-27(23)36-37-30)19-11-20(15-32-14-19)34-31(39)18-5-2-3-6-18/h4,7-16,18,35H,2-3,5-6H2,1H3,(H,34,39)(H,36,37). The summed E-state index contributed by atoms with van der Waals surface area (Å²) in [4.78, 5) is 38.8. The van der Waals surface area contributed by atoms with Gasteiger partial charge in [0.05, 0.1) is 39.9 Å². The van der Waals surface area contributed by atoms with Gasteiger partial charge in [0.15, 0.2) is 5.78 Å². The summed E-state index contributed by atoms with van der Waals surface area (Å²) < 4.78 is 0. The van der Waals surface area contributed by atoms with Crippen molar-refractivity contribution in [3.8, 4) is 33.1 Å². The number of H-pyrrole nitrogens is 2. The van der Waals surface area contributed by atoms with Crippen molar-refractivity contribution in [1.82, 2.24) is 25.1 Å². The van der Waals surface area contributed by atoms with Gasteiger partial charge < -0.3 is 10.3 Å². The van der Waals surface area contributed by atoms with Crippen molar-refractivity contribution in [3.05, 3.63) is 72.0 Å². The van der Waals surface area contributed by atoms with E-state index in [9.17, 15) is 9.59 Å². The number of aromatic amines is 2. The molecule has 1 saturated carbocycles. The van der Waals surface area contributed by atoms with E-state index in [1.54, 1.807) is 25.5 Å². The largest absolute Gasteiger partial charge is 0.353 e. The first-order chi connectivity index (χ1) is 19.5. The fourth-order valence-electron chi connectivity index (χ4n) is 5.53. The molecule has 6 aromatic rings. The van der Waals surface area contributed by atoms with Crippen LogP contribution in [0.1, 0.15) is 42.3 Å². The third kappa shape index (κ3) is 4.38. The molecule has 198 valence electrons. The van der Waals surface area contributed by atoms with Gasteiger partial charge in [-0.05, 0) is 56.2 Å². The van der Waals surface area contributed by atoms with Crippen LogP contribution in [0.4, 0.5) is 5.69 Å². The smallest absolute Gasteiger partial charge is 0.227 e. The van der Waals surface area contributed by atoms with Crippen LogP contribution >= 0.6 is 11.3 Å². The molecule has 5 aromatic heterocycles. The molecule has 0 saturated heterocycles. The zero-order valence-corrected chi connectivity index (χ0v) is 22.6. The normalized spacial score (nSPS) is 13.8. The number of carbonyl (C=O) groups is 2. The maximum Gasteiger partial charge on any atom is 0.227 e. The summed E-state index contributed by atoms with van der Waals surface area (Å²) in [6, 6.07) is 16.0. The van der Waals surface area contributed by atoms with E-state index in [2.05, 4.69) is 42.6 Å². The van der Waals surface area contributed by atoms with Crippen molar-refractivity contribution in [3.63, 3.8) is 0 Å². The van der Waals surface area contributed by atoms with Crippen molar-refractivity contribution in [2.24, 2.45) is 5.92 Å².